The number of nitrogens with zero attached hydrogens (tertiary/aromatic N) is 5. The molecule has 0 radical (unpaired) electrons. The number of piperidine rings is 1. The Bertz CT molecular complexity index is 1450. The number of hydrogen-bond acceptors (Lipinski definition) is 10. The molecular formula is C23H20N6O6. The highest BCUT2D eigenvalue weighted by Gasteiger charge is 2.48. The first-order valence-electron chi connectivity index (χ1n) is 11.3. The molecule has 1 fully saturated rings. The zero-order valence-corrected chi connectivity index (χ0v) is 18.7. The van der Waals surface area contributed by atoms with Gasteiger partial charge in [0.25, 0.3) is 11.8 Å². The van der Waals surface area contributed by atoms with Crippen molar-refractivity contribution >= 4 is 34.7 Å². The number of carbonyl (C=O) groups excluding carboxylic acids is 4. The maximum absolute atomic E-state index is 13.3. The molecule has 0 saturated carbocycles. The predicted octanol–water partition coefficient (Wildman–Crippen LogP) is 1.21. The van der Waals surface area contributed by atoms with Crippen molar-refractivity contribution in [3.05, 3.63) is 41.3 Å². The zero-order chi connectivity index (χ0) is 24.3. The minimum atomic E-state index is -0.995. The van der Waals surface area contributed by atoms with Crippen LogP contribution in [0.15, 0.2) is 38.4 Å². The van der Waals surface area contributed by atoms with Crippen LogP contribution in [-0.4, -0.2) is 61.1 Å². The van der Waals surface area contributed by atoms with Gasteiger partial charge < -0.3 is 13.8 Å². The lowest BCUT2D eigenvalue weighted by molar-refractivity contribution is -0.150. The van der Waals surface area contributed by atoms with Gasteiger partial charge in [-0.05, 0) is 37.5 Å². The van der Waals surface area contributed by atoms with Crippen molar-refractivity contribution in [2.75, 3.05) is 6.54 Å². The van der Waals surface area contributed by atoms with Crippen LogP contribution in [-0.2, 0) is 25.7 Å². The van der Waals surface area contributed by atoms with E-state index in [-0.39, 0.29) is 31.0 Å². The molecule has 2 aromatic heterocycles. The molecule has 1 saturated heterocycles. The summed E-state index contributed by atoms with van der Waals surface area (Å²) in [6.07, 6.45) is 1.29. The van der Waals surface area contributed by atoms with E-state index in [0.29, 0.717) is 53.3 Å². The molecule has 12 heteroatoms. The Labute approximate surface area is 197 Å². The molecule has 1 atom stereocenters. The Morgan fingerprint density at radius 1 is 1.11 bits per heavy atom. The van der Waals surface area contributed by atoms with E-state index < -0.39 is 29.7 Å². The number of rotatable bonds is 4. The van der Waals surface area contributed by atoms with Gasteiger partial charge in [0, 0.05) is 31.0 Å². The third-order valence-electron chi connectivity index (χ3n) is 6.42. The van der Waals surface area contributed by atoms with Gasteiger partial charge in [-0.25, -0.2) is 4.98 Å². The van der Waals surface area contributed by atoms with Gasteiger partial charge >= 0.3 is 0 Å². The topological polar surface area (TPSA) is 152 Å². The van der Waals surface area contributed by atoms with Crippen LogP contribution in [0.3, 0.4) is 0 Å². The van der Waals surface area contributed by atoms with Gasteiger partial charge in [-0.2, -0.15) is 4.98 Å². The molecule has 178 valence electrons. The van der Waals surface area contributed by atoms with E-state index in [1.165, 1.54) is 0 Å². The number of benzene rings is 1. The normalized spacial score (nSPS) is 20.8. The van der Waals surface area contributed by atoms with Crippen LogP contribution in [0.5, 0.6) is 0 Å². The molecule has 0 bridgehead atoms. The molecule has 0 aliphatic carbocycles. The van der Waals surface area contributed by atoms with Crippen molar-refractivity contribution < 1.29 is 28.1 Å². The first kappa shape index (κ1) is 21.2. The Morgan fingerprint density at radius 2 is 1.97 bits per heavy atom. The molecule has 3 aliphatic rings. The second-order valence-electron chi connectivity index (χ2n) is 8.73. The number of imide groups is 2. The van der Waals surface area contributed by atoms with Crippen LogP contribution in [0.25, 0.3) is 22.5 Å². The number of fused-ring (bicyclic) bond motifs is 1. The summed E-state index contributed by atoms with van der Waals surface area (Å²) < 4.78 is 10.9. The first-order valence-corrected chi connectivity index (χ1v) is 11.3. The molecule has 35 heavy (non-hydrogen) atoms. The number of aromatic nitrogens is 3. The first-order chi connectivity index (χ1) is 16.9. The van der Waals surface area contributed by atoms with Crippen molar-refractivity contribution in [1.29, 1.82) is 0 Å². The summed E-state index contributed by atoms with van der Waals surface area (Å²) >= 11 is 0. The van der Waals surface area contributed by atoms with Crippen molar-refractivity contribution in [1.82, 2.24) is 30.2 Å². The Balaban J connectivity index is 1.24. The van der Waals surface area contributed by atoms with Crippen LogP contribution >= 0.6 is 0 Å². The summed E-state index contributed by atoms with van der Waals surface area (Å²) in [5.41, 5.74) is 2.67. The summed E-state index contributed by atoms with van der Waals surface area (Å²) in [7, 11) is 0. The minimum Gasteiger partial charge on any atom is -0.441 e. The zero-order valence-electron chi connectivity index (χ0n) is 18.7. The predicted molar refractivity (Wildman–Crippen MR) is 117 cm³/mol. The molecule has 1 aromatic carbocycles. The molecule has 6 rings (SSSR count). The van der Waals surface area contributed by atoms with E-state index >= 15 is 0 Å². The third kappa shape index (κ3) is 3.49. The van der Waals surface area contributed by atoms with E-state index in [9.17, 15) is 19.2 Å². The highest BCUT2D eigenvalue weighted by Crippen LogP contribution is 2.34. The van der Waals surface area contributed by atoms with Gasteiger partial charge in [0.05, 0.1) is 6.54 Å². The molecule has 1 N–H and O–H groups in total. The lowest BCUT2D eigenvalue weighted by Crippen LogP contribution is -2.55. The smallest absolute Gasteiger partial charge is 0.278 e. The lowest BCUT2D eigenvalue weighted by Gasteiger charge is -2.29. The summed E-state index contributed by atoms with van der Waals surface area (Å²) in [5, 5.41) is 6.27. The number of amides is 4. The number of oxazole rings is 1. The van der Waals surface area contributed by atoms with Gasteiger partial charge in [0.1, 0.15) is 17.3 Å². The summed E-state index contributed by atoms with van der Waals surface area (Å²) in [4.78, 5) is 61.7. The average Bonchev–Trinajstić information content (AvgIpc) is 3.51. The van der Waals surface area contributed by atoms with E-state index in [4.69, 9.17) is 8.94 Å². The molecule has 1 unspecified atom stereocenters. The standard InChI is InChI=1S/C23H20N6O6/c1-11-24-14-9-12(4-6-16(14)34-11)20-26-18(35-27-20)10-28-8-2-3-13-19(28)23(33)29(22(13)32)15-5-7-17(30)25-21(15)31/h4,6,9,15H,2-3,5,7-8,10H2,1H3,(H,25,30,31). The molecule has 0 spiro atoms. The second-order valence-corrected chi connectivity index (χ2v) is 8.73. The highest BCUT2D eigenvalue weighted by molar-refractivity contribution is 6.21. The van der Waals surface area contributed by atoms with Gasteiger partial charge in [0.15, 0.2) is 11.5 Å². The van der Waals surface area contributed by atoms with Gasteiger partial charge in [0.2, 0.25) is 23.5 Å². The van der Waals surface area contributed by atoms with Crippen molar-refractivity contribution in [3.8, 4) is 11.4 Å². The van der Waals surface area contributed by atoms with Crippen LogP contribution in [0.1, 0.15) is 37.5 Å². The molecule has 12 nitrogen and oxygen atoms in total. The van der Waals surface area contributed by atoms with Gasteiger partial charge in [-0.15, -0.1) is 0 Å². The maximum atomic E-state index is 13.3. The fourth-order valence-corrected chi connectivity index (χ4v) is 4.84. The third-order valence-corrected chi connectivity index (χ3v) is 6.42. The Morgan fingerprint density at radius 3 is 2.80 bits per heavy atom. The van der Waals surface area contributed by atoms with Gasteiger partial charge in [-0.1, -0.05) is 5.16 Å². The largest absolute Gasteiger partial charge is 0.441 e. The molecule has 5 heterocycles. The molecule has 4 amide bonds. The summed E-state index contributed by atoms with van der Waals surface area (Å²) in [5.74, 6) is -0.845. The minimum absolute atomic E-state index is 0.0757. The fourth-order valence-electron chi connectivity index (χ4n) is 4.84. The Kier molecular flexibility index (Phi) is 4.76. The van der Waals surface area contributed by atoms with Crippen LogP contribution < -0.4 is 5.32 Å². The van der Waals surface area contributed by atoms with Crippen molar-refractivity contribution in [3.63, 3.8) is 0 Å². The number of aryl methyl sites for hydroxylation is 1. The number of hydrogen-bond donors (Lipinski definition) is 1. The summed E-state index contributed by atoms with van der Waals surface area (Å²) in [6.45, 7) is 2.42. The quantitative estimate of drug-likeness (QED) is 0.544. The van der Waals surface area contributed by atoms with Crippen molar-refractivity contribution in [2.45, 2.75) is 45.2 Å². The highest BCUT2D eigenvalue weighted by atomic mass is 16.5. The van der Waals surface area contributed by atoms with Crippen LogP contribution in [0.4, 0.5) is 0 Å². The molecule has 3 aliphatic heterocycles. The number of carbonyl (C=O) groups is 4. The van der Waals surface area contributed by atoms with Crippen LogP contribution in [0.2, 0.25) is 0 Å². The van der Waals surface area contributed by atoms with Crippen LogP contribution in [0, 0.1) is 6.92 Å². The van der Waals surface area contributed by atoms with E-state index in [0.717, 1.165) is 4.90 Å². The second kappa shape index (κ2) is 7.86. The van der Waals surface area contributed by atoms with Crippen molar-refractivity contribution in [2.24, 2.45) is 0 Å². The van der Waals surface area contributed by atoms with E-state index in [1.54, 1.807) is 30.0 Å². The van der Waals surface area contributed by atoms with E-state index in [2.05, 4.69) is 20.4 Å². The maximum Gasteiger partial charge on any atom is 0.278 e. The van der Waals surface area contributed by atoms with E-state index in [1.807, 2.05) is 0 Å². The molecular weight excluding hydrogens is 456 g/mol. The monoisotopic (exact) mass is 476 g/mol. The molecule has 3 aromatic rings. The average molecular weight is 476 g/mol. The Hall–Kier alpha value is -4.35. The van der Waals surface area contributed by atoms with Gasteiger partial charge in [-0.3, -0.25) is 29.4 Å². The summed E-state index contributed by atoms with van der Waals surface area (Å²) in [6, 6.07) is 4.40. The fraction of sp³-hybridized carbons (Fsp3) is 0.348. The number of nitrogens with one attached hydrogen (secondary N) is 1. The SMILES string of the molecule is Cc1nc2cc(-c3noc(CN4CCCC5=C4C(=O)N(C4CCC(=O)NC4=O)C5=O)n3)ccc2o1. The lowest BCUT2D eigenvalue weighted by atomic mass is 10.0.